The van der Waals surface area contributed by atoms with Gasteiger partial charge in [-0.3, -0.25) is 0 Å². The lowest BCUT2D eigenvalue weighted by atomic mass is 10.1. The molecule has 264 valence electrons. The molecule has 0 aliphatic heterocycles. The maximum atomic E-state index is 12.5. The van der Waals surface area contributed by atoms with Gasteiger partial charge in [0.2, 0.25) is 0 Å². The quantitative estimate of drug-likeness (QED) is 0.0823. The molecule has 15 heteroatoms. The predicted molar refractivity (Wildman–Crippen MR) is 204 cm³/mol. The van der Waals surface area contributed by atoms with E-state index in [2.05, 4.69) is 44.7 Å². The van der Waals surface area contributed by atoms with Gasteiger partial charge in [0.1, 0.15) is 22.4 Å². The first-order chi connectivity index (χ1) is 24.5. The number of para-hydroxylation sites is 2. The molecule has 0 radical (unpaired) electrons. The standard InChI is InChI=1S/C36H40N8O4S3/c1-25-23-27(15-17-29(25)37-39-35-43(5)31-11-7-9-13-33(31)49-35)41(3)19-21-47-51(45,46)48-22-20-42(4)28-16-18-30(26(2)24-28)38-40-36-44(6)32-12-8-10-14-34(32)50-36/h7-18,23-24H,19-22H2,1-6H3/q+2. The van der Waals surface area contributed by atoms with Crippen LogP contribution in [0.2, 0.25) is 0 Å². The zero-order valence-corrected chi connectivity index (χ0v) is 31.8. The van der Waals surface area contributed by atoms with E-state index in [4.69, 9.17) is 8.37 Å². The number of aryl methyl sites for hydroxylation is 4. The third-order valence-corrected chi connectivity index (χ3v) is 11.6. The van der Waals surface area contributed by atoms with Crippen LogP contribution >= 0.6 is 22.7 Å². The number of likely N-dealkylation sites (N-methyl/N-ethyl adjacent to an activating group) is 2. The Labute approximate surface area is 305 Å². The SMILES string of the molecule is Cc1cc(N(C)CCOS(=O)(=O)OCCN(C)c2ccc(N=Nc3sc4ccccc4[n+]3C)c(C)c2)ccc1N=Nc1sc2ccccc2[n+]1C. The van der Waals surface area contributed by atoms with E-state index >= 15 is 0 Å². The molecule has 0 bridgehead atoms. The minimum absolute atomic E-state index is 0.0631. The van der Waals surface area contributed by atoms with E-state index in [-0.39, 0.29) is 13.2 Å². The highest BCUT2D eigenvalue weighted by Gasteiger charge is 2.18. The third-order valence-electron chi connectivity index (χ3n) is 8.47. The second-order valence-corrected chi connectivity index (χ2v) is 15.4. The predicted octanol–water partition coefficient (Wildman–Crippen LogP) is 8.06. The molecule has 0 spiro atoms. The number of hydrogen-bond acceptors (Lipinski definition) is 12. The Morgan fingerprint density at radius 2 is 1.04 bits per heavy atom. The monoisotopic (exact) mass is 744 g/mol. The number of hydrogen-bond donors (Lipinski definition) is 0. The average Bonchev–Trinajstić information content (AvgIpc) is 3.61. The normalized spacial score (nSPS) is 12.2. The Balaban J connectivity index is 0.954. The van der Waals surface area contributed by atoms with E-state index in [0.717, 1.165) is 64.6 Å². The van der Waals surface area contributed by atoms with Crippen LogP contribution < -0.4 is 18.9 Å². The molecule has 0 fully saturated rings. The Hall–Kier alpha value is -4.67. The molecular formula is C36H40N8O4S3+2. The van der Waals surface area contributed by atoms with Gasteiger partial charge in [-0.05, 0) is 119 Å². The summed E-state index contributed by atoms with van der Waals surface area (Å²) in [6, 6.07) is 27.9. The molecule has 0 saturated carbocycles. The summed E-state index contributed by atoms with van der Waals surface area (Å²) in [5.74, 6) is 0. The number of thiazole rings is 2. The van der Waals surface area contributed by atoms with Gasteiger partial charge in [0.25, 0.3) is 0 Å². The fourth-order valence-corrected chi connectivity index (χ4v) is 7.94. The minimum atomic E-state index is -4.17. The van der Waals surface area contributed by atoms with Crippen molar-refractivity contribution < 1.29 is 25.9 Å². The van der Waals surface area contributed by atoms with Crippen LogP contribution in [0.15, 0.2) is 105 Å². The van der Waals surface area contributed by atoms with Crippen molar-refractivity contribution in [3.05, 3.63) is 96.1 Å². The Bertz CT molecular complexity index is 2200. The van der Waals surface area contributed by atoms with E-state index in [0.29, 0.717) is 13.1 Å². The lowest BCUT2D eigenvalue weighted by Crippen LogP contribution is -2.27. The molecule has 12 nitrogen and oxygen atoms in total. The van der Waals surface area contributed by atoms with E-state index in [1.807, 2.05) is 122 Å². The fraction of sp³-hybridized carbons (Fsp3) is 0.278. The maximum Gasteiger partial charge on any atom is 0.409 e. The molecule has 6 aromatic rings. The van der Waals surface area contributed by atoms with Crippen molar-refractivity contribution in [1.29, 1.82) is 0 Å². The molecule has 2 aromatic heterocycles. The first kappa shape index (κ1) is 36.1. The molecule has 2 heterocycles. The number of benzene rings is 4. The van der Waals surface area contributed by atoms with Gasteiger partial charge in [0.15, 0.2) is 0 Å². The highest BCUT2D eigenvalue weighted by Crippen LogP contribution is 2.31. The Morgan fingerprint density at radius 1 is 0.627 bits per heavy atom. The molecule has 0 N–H and O–H groups in total. The zero-order valence-electron chi connectivity index (χ0n) is 29.3. The number of rotatable bonds is 14. The van der Waals surface area contributed by atoms with Gasteiger partial charge in [-0.15, -0.1) is 0 Å². The van der Waals surface area contributed by atoms with Crippen LogP contribution in [0.25, 0.3) is 20.4 Å². The molecule has 0 saturated heterocycles. The highest BCUT2D eigenvalue weighted by atomic mass is 32.3. The Kier molecular flexibility index (Phi) is 11.1. The lowest BCUT2D eigenvalue weighted by Gasteiger charge is -2.21. The van der Waals surface area contributed by atoms with E-state index in [1.54, 1.807) is 22.7 Å². The van der Waals surface area contributed by atoms with Crippen LogP contribution in [0.1, 0.15) is 11.1 Å². The molecule has 0 aliphatic rings. The molecule has 6 rings (SSSR count). The molecule has 0 unspecified atom stereocenters. The van der Waals surface area contributed by atoms with Crippen molar-refractivity contribution in [2.24, 2.45) is 34.6 Å². The van der Waals surface area contributed by atoms with Crippen molar-refractivity contribution in [2.75, 3.05) is 50.2 Å². The summed E-state index contributed by atoms with van der Waals surface area (Å²) in [7, 11) is 3.53. The van der Waals surface area contributed by atoms with Gasteiger partial charge in [-0.2, -0.15) is 8.42 Å². The number of nitrogens with zero attached hydrogens (tertiary/aromatic N) is 8. The molecule has 51 heavy (non-hydrogen) atoms. The van der Waals surface area contributed by atoms with E-state index in [9.17, 15) is 8.42 Å². The first-order valence-electron chi connectivity index (χ1n) is 16.2. The molecule has 0 atom stereocenters. The lowest BCUT2D eigenvalue weighted by molar-refractivity contribution is -0.628. The van der Waals surface area contributed by atoms with Crippen LogP contribution in [0.4, 0.5) is 33.0 Å². The van der Waals surface area contributed by atoms with Gasteiger partial charge in [-0.1, -0.05) is 24.3 Å². The van der Waals surface area contributed by atoms with Gasteiger partial charge >= 0.3 is 20.7 Å². The van der Waals surface area contributed by atoms with Crippen LogP contribution in [0.5, 0.6) is 0 Å². The molecule has 4 aromatic carbocycles. The number of anilines is 2. The van der Waals surface area contributed by atoms with Gasteiger partial charge in [0, 0.05) is 38.6 Å². The van der Waals surface area contributed by atoms with Crippen LogP contribution in [0, 0.1) is 13.8 Å². The van der Waals surface area contributed by atoms with Crippen LogP contribution in [-0.2, 0) is 32.9 Å². The van der Waals surface area contributed by atoms with Gasteiger partial charge in [-0.25, -0.2) is 17.5 Å². The maximum absolute atomic E-state index is 12.5. The van der Waals surface area contributed by atoms with E-state index < -0.39 is 10.4 Å². The number of aromatic nitrogens is 2. The number of fused-ring (bicyclic) bond motifs is 2. The second kappa shape index (κ2) is 15.7. The zero-order chi connectivity index (χ0) is 36.1. The summed E-state index contributed by atoms with van der Waals surface area (Å²) in [5, 5.41) is 19.6. The van der Waals surface area contributed by atoms with Crippen LogP contribution in [-0.4, -0.2) is 48.8 Å². The fourth-order valence-electron chi connectivity index (χ4n) is 5.37. The topological polar surface area (TPSA) is 116 Å². The summed E-state index contributed by atoms with van der Waals surface area (Å²) in [6.45, 7) is 4.49. The van der Waals surface area contributed by atoms with Crippen molar-refractivity contribution in [2.45, 2.75) is 13.8 Å². The van der Waals surface area contributed by atoms with Crippen molar-refractivity contribution in [3.63, 3.8) is 0 Å². The summed E-state index contributed by atoms with van der Waals surface area (Å²) in [6.07, 6.45) is 0. The van der Waals surface area contributed by atoms with Crippen molar-refractivity contribution >= 4 is 86.5 Å². The summed E-state index contributed by atoms with van der Waals surface area (Å²) >= 11 is 3.18. The first-order valence-corrected chi connectivity index (χ1v) is 19.2. The molecule has 0 aliphatic carbocycles. The van der Waals surface area contributed by atoms with E-state index in [1.165, 1.54) is 0 Å². The summed E-state index contributed by atoms with van der Waals surface area (Å²) in [4.78, 5) is 3.83. The smallest absolute Gasteiger partial charge is 0.372 e. The van der Waals surface area contributed by atoms with Crippen molar-refractivity contribution in [3.8, 4) is 0 Å². The minimum Gasteiger partial charge on any atom is -0.372 e. The van der Waals surface area contributed by atoms with Crippen molar-refractivity contribution in [1.82, 2.24) is 0 Å². The summed E-state index contributed by atoms with van der Waals surface area (Å²) < 4.78 is 41.6. The Morgan fingerprint density at radius 3 is 1.43 bits per heavy atom. The van der Waals surface area contributed by atoms with Gasteiger partial charge in [0.05, 0.1) is 46.9 Å². The van der Waals surface area contributed by atoms with Crippen LogP contribution in [0.3, 0.4) is 0 Å². The average molecular weight is 745 g/mol. The summed E-state index contributed by atoms with van der Waals surface area (Å²) in [5.41, 5.74) is 7.44. The highest BCUT2D eigenvalue weighted by molar-refractivity contribution is 7.81. The second-order valence-electron chi connectivity index (χ2n) is 12.1. The largest absolute Gasteiger partial charge is 0.409 e. The molecular weight excluding hydrogens is 705 g/mol. The molecule has 0 amide bonds. The van der Waals surface area contributed by atoms with Gasteiger partial charge < -0.3 is 9.80 Å². The number of azo groups is 2. The third kappa shape index (κ3) is 8.63.